The fourth-order valence-corrected chi connectivity index (χ4v) is 2.38. The van der Waals surface area contributed by atoms with Gasteiger partial charge in [0, 0.05) is 0 Å². The second kappa shape index (κ2) is 5.29. The third kappa shape index (κ3) is 2.65. The van der Waals surface area contributed by atoms with Gasteiger partial charge in [0.05, 0.1) is 6.54 Å². The van der Waals surface area contributed by atoms with Crippen molar-refractivity contribution in [1.82, 2.24) is 15.0 Å². The molecule has 0 aliphatic rings. The minimum Gasteiger partial charge on any atom is -0.388 e. The van der Waals surface area contributed by atoms with Crippen LogP contribution >= 0.6 is 24.0 Å². The number of thioether (sulfide) groups is 1. The standard InChI is InChI=1S/C11H12N4S2/c1-17-11-9(10(12)16)13-14-15(11)7-8-5-3-2-4-6-8/h2-6H,7H2,1H3,(H2,12,16). The van der Waals surface area contributed by atoms with Gasteiger partial charge in [0.1, 0.15) is 10.0 Å². The van der Waals surface area contributed by atoms with Crippen LogP contribution in [0.25, 0.3) is 0 Å². The molecule has 1 aromatic carbocycles. The molecule has 4 nitrogen and oxygen atoms in total. The number of thiocarbonyl (C=S) groups is 1. The van der Waals surface area contributed by atoms with E-state index < -0.39 is 0 Å². The Bertz CT molecular complexity index is 522. The second-order valence-corrected chi connectivity index (χ2v) is 4.69. The molecule has 88 valence electrons. The van der Waals surface area contributed by atoms with Crippen LogP contribution in [0.5, 0.6) is 0 Å². The van der Waals surface area contributed by atoms with E-state index in [1.807, 2.05) is 41.3 Å². The Labute approximate surface area is 109 Å². The van der Waals surface area contributed by atoms with E-state index in [2.05, 4.69) is 10.3 Å². The van der Waals surface area contributed by atoms with Gasteiger partial charge < -0.3 is 5.73 Å². The number of benzene rings is 1. The van der Waals surface area contributed by atoms with Gasteiger partial charge in [0.2, 0.25) is 0 Å². The van der Waals surface area contributed by atoms with Gasteiger partial charge in [-0.25, -0.2) is 4.68 Å². The molecular formula is C11H12N4S2. The lowest BCUT2D eigenvalue weighted by molar-refractivity contribution is 0.604. The number of rotatable bonds is 4. The van der Waals surface area contributed by atoms with Crippen molar-refractivity contribution in [2.45, 2.75) is 11.6 Å². The predicted octanol–water partition coefficient (Wildman–Crippen LogP) is 1.68. The van der Waals surface area contributed by atoms with E-state index in [-0.39, 0.29) is 4.99 Å². The maximum atomic E-state index is 5.60. The van der Waals surface area contributed by atoms with E-state index in [0.29, 0.717) is 12.2 Å². The second-order valence-electron chi connectivity index (χ2n) is 3.45. The average molecular weight is 264 g/mol. The SMILES string of the molecule is CSc1c(C(N)=S)nnn1Cc1ccccc1. The third-order valence-electron chi connectivity index (χ3n) is 2.29. The quantitative estimate of drug-likeness (QED) is 0.672. The summed E-state index contributed by atoms with van der Waals surface area (Å²) in [5.74, 6) is 0. The normalized spacial score (nSPS) is 10.4. The van der Waals surface area contributed by atoms with Gasteiger partial charge >= 0.3 is 0 Å². The van der Waals surface area contributed by atoms with Crippen LogP contribution in [-0.4, -0.2) is 26.2 Å². The lowest BCUT2D eigenvalue weighted by Gasteiger charge is -2.04. The largest absolute Gasteiger partial charge is 0.388 e. The van der Waals surface area contributed by atoms with Gasteiger partial charge in [-0.3, -0.25) is 0 Å². The summed E-state index contributed by atoms with van der Waals surface area (Å²) in [6.07, 6.45) is 1.96. The van der Waals surface area contributed by atoms with E-state index >= 15 is 0 Å². The van der Waals surface area contributed by atoms with E-state index in [9.17, 15) is 0 Å². The van der Waals surface area contributed by atoms with Crippen LogP contribution in [0.15, 0.2) is 35.4 Å². The molecule has 0 aliphatic carbocycles. The number of nitrogens with two attached hydrogens (primary N) is 1. The number of hydrogen-bond acceptors (Lipinski definition) is 4. The van der Waals surface area contributed by atoms with Gasteiger partial charge in [-0.05, 0) is 11.8 Å². The first-order chi connectivity index (χ1) is 8.22. The Morgan fingerprint density at radius 1 is 1.41 bits per heavy atom. The number of hydrogen-bond donors (Lipinski definition) is 1. The minimum atomic E-state index is 0.286. The van der Waals surface area contributed by atoms with Crippen LogP contribution in [-0.2, 0) is 6.54 Å². The molecular weight excluding hydrogens is 252 g/mol. The van der Waals surface area contributed by atoms with Crippen molar-refractivity contribution in [3.8, 4) is 0 Å². The molecule has 0 atom stereocenters. The zero-order chi connectivity index (χ0) is 12.3. The summed E-state index contributed by atoms with van der Waals surface area (Å²) in [6, 6.07) is 10.1. The van der Waals surface area contributed by atoms with Crippen molar-refractivity contribution in [3.05, 3.63) is 41.6 Å². The molecule has 0 fully saturated rings. The van der Waals surface area contributed by atoms with Gasteiger partial charge in [-0.15, -0.1) is 16.9 Å². The van der Waals surface area contributed by atoms with Gasteiger partial charge in [-0.2, -0.15) is 0 Å². The van der Waals surface area contributed by atoms with E-state index in [1.165, 1.54) is 5.56 Å². The van der Waals surface area contributed by atoms with Crippen molar-refractivity contribution in [1.29, 1.82) is 0 Å². The first-order valence-corrected chi connectivity index (χ1v) is 6.67. The lowest BCUT2D eigenvalue weighted by Crippen LogP contribution is -2.11. The molecule has 0 radical (unpaired) electrons. The molecule has 1 heterocycles. The van der Waals surface area contributed by atoms with Crippen LogP contribution < -0.4 is 5.73 Å². The molecule has 0 unspecified atom stereocenters. The van der Waals surface area contributed by atoms with E-state index in [0.717, 1.165) is 5.03 Å². The van der Waals surface area contributed by atoms with Crippen LogP contribution in [0, 0.1) is 0 Å². The molecule has 2 rings (SSSR count). The fraction of sp³-hybridized carbons (Fsp3) is 0.182. The first kappa shape index (κ1) is 12.1. The molecule has 6 heteroatoms. The molecule has 0 bridgehead atoms. The number of nitrogens with zero attached hydrogens (tertiary/aromatic N) is 3. The Kier molecular flexibility index (Phi) is 3.75. The fourth-order valence-electron chi connectivity index (χ4n) is 1.52. The average Bonchev–Trinajstić information content (AvgIpc) is 2.73. The molecule has 0 spiro atoms. The highest BCUT2D eigenvalue weighted by Gasteiger charge is 2.14. The highest BCUT2D eigenvalue weighted by atomic mass is 32.2. The molecule has 0 amide bonds. The molecule has 2 N–H and O–H groups in total. The Hall–Kier alpha value is -1.40. The monoisotopic (exact) mass is 264 g/mol. The zero-order valence-electron chi connectivity index (χ0n) is 9.33. The molecule has 0 saturated heterocycles. The summed E-state index contributed by atoms with van der Waals surface area (Å²) < 4.78 is 1.81. The van der Waals surface area contributed by atoms with Crippen LogP contribution in [0.4, 0.5) is 0 Å². The third-order valence-corrected chi connectivity index (χ3v) is 3.28. The van der Waals surface area contributed by atoms with E-state index in [1.54, 1.807) is 11.8 Å². The molecule has 17 heavy (non-hydrogen) atoms. The highest BCUT2D eigenvalue weighted by molar-refractivity contribution is 7.98. The van der Waals surface area contributed by atoms with Crippen molar-refractivity contribution in [2.75, 3.05) is 6.26 Å². The Balaban J connectivity index is 2.31. The highest BCUT2D eigenvalue weighted by Crippen LogP contribution is 2.19. The number of aromatic nitrogens is 3. The predicted molar refractivity (Wildman–Crippen MR) is 73.2 cm³/mol. The van der Waals surface area contributed by atoms with Crippen LogP contribution in [0.2, 0.25) is 0 Å². The summed E-state index contributed by atoms with van der Waals surface area (Å²) in [5.41, 5.74) is 7.37. The van der Waals surface area contributed by atoms with E-state index in [4.69, 9.17) is 18.0 Å². The maximum Gasteiger partial charge on any atom is 0.153 e. The minimum absolute atomic E-state index is 0.286. The van der Waals surface area contributed by atoms with Crippen molar-refractivity contribution >= 4 is 29.0 Å². The Morgan fingerprint density at radius 3 is 2.71 bits per heavy atom. The topological polar surface area (TPSA) is 56.7 Å². The van der Waals surface area contributed by atoms with Gasteiger partial charge in [-0.1, -0.05) is 47.8 Å². The van der Waals surface area contributed by atoms with Crippen molar-refractivity contribution in [3.63, 3.8) is 0 Å². The summed E-state index contributed by atoms with van der Waals surface area (Å²) in [7, 11) is 0. The zero-order valence-corrected chi connectivity index (χ0v) is 11.0. The van der Waals surface area contributed by atoms with Gasteiger partial charge in [0.15, 0.2) is 5.69 Å². The molecule has 1 aromatic heterocycles. The molecule has 0 aliphatic heterocycles. The summed E-state index contributed by atoms with van der Waals surface area (Å²) >= 11 is 6.49. The molecule has 2 aromatic rings. The molecule has 0 saturated carbocycles. The Morgan fingerprint density at radius 2 is 2.12 bits per heavy atom. The van der Waals surface area contributed by atoms with Crippen molar-refractivity contribution in [2.24, 2.45) is 5.73 Å². The summed E-state index contributed by atoms with van der Waals surface area (Å²) in [4.78, 5) is 0.286. The summed E-state index contributed by atoms with van der Waals surface area (Å²) in [6.45, 7) is 0.673. The first-order valence-electron chi connectivity index (χ1n) is 5.03. The van der Waals surface area contributed by atoms with Crippen LogP contribution in [0.1, 0.15) is 11.3 Å². The lowest BCUT2D eigenvalue weighted by atomic mass is 10.2. The smallest absolute Gasteiger partial charge is 0.153 e. The van der Waals surface area contributed by atoms with Gasteiger partial charge in [0.25, 0.3) is 0 Å². The summed E-state index contributed by atoms with van der Waals surface area (Å²) in [5, 5.41) is 8.99. The van der Waals surface area contributed by atoms with Crippen molar-refractivity contribution < 1.29 is 0 Å². The van der Waals surface area contributed by atoms with Crippen LogP contribution in [0.3, 0.4) is 0 Å². The maximum absolute atomic E-state index is 5.60.